The van der Waals surface area contributed by atoms with Crippen LogP contribution in [0.3, 0.4) is 0 Å². The van der Waals surface area contributed by atoms with Crippen molar-refractivity contribution in [3.63, 3.8) is 0 Å². The maximum atomic E-state index is 12.7. The van der Waals surface area contributed by atoms with E-state index in [2.05, 4.69) is 4.99 Å². The van der Waals surface area contributed by atoms with Crippen molar-refractivity contribution in [1.29, 1.82) is 0 Å². The normalized spacial score (nSPS) is 25.2. The van der Waals surface area contributed by atoms with Crippen LogP contribution in [0.4, 0.5) is 4.39 Å². The molecule has 1 aromatic rings. The number of ether oxygens (including phenoxy) is 1. The summed E-state index contributed by atoms with van der Waals surface area (Å²) >= 11 is -2.00. The number of alkyl halides is 1. The quantitative estimate of drug-likeness (QED) is 0.843. The zero-order valence-corrected chi connectivity index (χ0v) is 9.98. The molecule has 0 saturated heterocycles. The highest BCUT2D eigenvalue weighted by molar-refractivity contribution is 7.79. The standard InChI is InChI=1S/C11H12FNO3S/c1-7-13-10(6-12)11(16-7)8-2-4-9(5-3-8)17(14)15/h2-5,10-11H,6H2,1H3,(H,14,15)/t10-,11-/m1/s1. The molecule has 0 aromatic heterocycles. The highest BCUT2D eigenvalue weighted by Gasteiger charge is 2.30. The van der Waals surface area contributed by atoms with Gasteiger partial charge in [0, 0.05) is 6.92 Å². The Bertz CT molecular complexity index is 460. The van der Waals surface area contributed by atoms with Gasteiger partial charge in [0.05, 0.1) is 4.90 Å². The van der Waals surface area contributed by atoms with E-state index in [4.69, 9.17) is 9.29 Å². The van der Waals surface area contributed by atoms with Gasteiger partial charge in [-0.3, -0.25) is 0 Å². The van der Waals surface area contributed by atoms with E-state index in [1.807, 2.05) is 0 Å². The largest absolute Gasteiger partial charge is 0.471 e. The van der Waals surface area contributed by atoms with Crippen molar-refractivity contribution in [2.24, 2.45) is 4.99 Å². The van der Waals surface area contributed by atoms with Gasteiger partial charge in [-0.05, 0) is 17.7 Å². The second-order valence-corrected chi connectivity index (χ2v) is 4.70. The lowest BCUT2D eigenvalue weighted by Crippen LogP contribution is -2.15. The minimum Gasteiger partial charge on any atom is -0.471 e. The molecule has 0 bridgehead atoms. The predicted molar refractivity (Wildman–Crippen MR) is 62.2 cm³/mol. The highest BCUT2D eigenvalue weighted by atomic mass is 32.2. The molecule has 0 radical (unpaired) electrons. The summed E-state index contributed by atoms with van der Waals surface area (Å²) in [6.07, 6.45) is -0.443. The fraction of sp³-hybridized carbons (Fsp3) is 0.364. The van der Waals surface area contributed by atoms with Crippen LogP contribution in [0, 0.1) is 0 Å². The first-order valence-corrected chi connectivity index (χ1v) is 6.20. The Labute approximate surface area is 101 Å². The van der Waals surface area contributed by atoms with Gasteiger partial charge in [-0.1, -0.05) is 12.1 Å². The molecule has 0 fully saturated rings. The Hall–Kier alpha value is -1.27. The van der Waals surface area contributed by atoms with E-state index in [1.165, 1.54) is 12.1 Å². The van der Waals surface area contributed by atoms with Crippen LogP contribution >= 0.6 is 0 Å². The first-order chi connectivity index (χ1) is 8.11. The van der Waals surface area contributed by atoms with Crippen LogP contribution < -0.4 is 0 Å². The van der Waals surface area contributed by atoms with E-state index in [9.17, 15) is 8.60 Å². The third-order valence-corrected chi connectivity index (χ3v) is 3.24. The van der Waals surface area contributed by atoms with Crippen molar-refractivity contribution >= 4 is 17.0 Å². The molecule has 1 aromatic carbocycles. The molecule has 92 valence electrons. The summed E-state index contributed by atoms with van der Waals surface area (Å²) in [5.41, 5.74) is 0.752. The number of rotatable bonds is 3. The van der Waals surface area contributed by atoms with Crippen molar-refractivity contribution in [3.05, 3.63) is 29.8 Å². The Morgan fingerprint density at radius 3 is 2.65 bits per heavy atom. The minimum atomic E-state index is -2.00. The van der Waals surface area contributed by atoms with Gasteiger partial charge in [-0.15, -0.1) is 0 Å². The van der Waals surface area contributed by atoms with Crippen LogP contribution in [-0.4, -0.2) is 27.4 Å². The number of nitrogens with zero attached hydrogens (tertiary/aromatic N) is 1. The highest BCUT2D eigenvalue weighted by Crippen LogP contribution is 2.29. The van der Waals surface area contributed by atoms with Crippen LogP contribution in [0.2, 0.25) is 0 Å². The monoisotopic (exact) mass is 257 g/mol. The topological polar surface area (TPSA) is 58.9 Å². The van der Waals surface area contributed by atoms with Crippen molar-refractivity contribution in [3.8, 4) is 0 Å². The van der Waals surface area contributed by atoms with Crippen LogP contribution in [0.1, 0.15) is 18.6 Å². The number of aliphatic imine (C=N–C) groups is 1. The molecule has 3 atom stereocenters. The van der Waals surface area contributed by atoms with Crippen molar-refractivity contribution in [2.75, 3.05) is 6.67 Å². The molecule has 1 unspecified atom stereocenters. The van der Waals surface area contributed by atoms with Crippen molar-refractivity contribution < 1.29 is 17.9 Å². The second kappa shape index (κ2) is 4.93. The zero-order valence-electron chi connectivity index (χ0n) is 9.17. The zero-order chi connectivity index (χ0) is 12.4. The summed E-state index contributed by atoms with van der Waals surface area (Å²) < 4.78 is 37.8. The molecule has 2 rings (SSSR count). The molecule has 6 heteroatoms. The lowest BCUT2D eigenvalue weighted by Gasteiger charge is -2.15. The van der Waals surface area contributed by atoms with Gasteiger partial charge in [0.1, 0.15) is 12.7 Å². The van der Waals surface area contributed by atoms with Gasteiger partial charge in [0.2, 0.25) is 0 Å². The van der Waals surface area contributed by atoms with Crippen LogP contribution in [0.25, 0.3) is 0 Å². The molecule has 0 spiro atoms. The first-order valence-electron chi connectivity index (χ1n) is 5.09. The van der Waals surface area contributed by atoms with Crippen molar-refractivity contribution in [1.82, 2.24) is 0 Å². The first kappa shape index (κ1) is 12.2. The molecule has 4 nitrogen and oxygen atoms in total. The van der Waals surface area contributed by atoms with Gasteiger partial charge in [-0.25, -0.2) is 13.6 Å². The fourth-order valence-corrected chi connectivity index (χ4v) is 2.14. The Morgan fingerprint density at radius 1 is 1.47 bits per heavy atom. The number of halogens is 1. The third kappa shape index (κ3) is 2.53. The molecule has 1 N–H and O–H groups in total. The smallest absolute Gasteiger partial charge is 0.186 e. The second-order valence-electron chi connectivity index (χ2n) is 3.73. The van der Waals surface area contributed by atoms with Crippen LogP contribution in [0.5, 0.6) is 0 Å². The molecule has 1 aliphatic heterocycles. The number of benzene rings is 1. The average molecular weight is 257 g/mol. The number of hydrogen-bond donors (Lipinski definition) is 1. The Balaban J connectivity index is 2.21. The maximum absolute atomic E-state index is 12.7. The summed E-state index contributed by atoms with van der Waals surface area (Å²) in [6, 6.07) is 5.84. The summed E-state index contributed by atoms with van der Waals surface area (Å²) in [5, 5.41) is 0. The molecular weight excluding hydrogens is 245 g/mol. The van der Waals surface area contributed by atoms with E-state index >= 15 is 0 Å². The Kier molecular flexibility index (Phi) is 3.54. The van der Waals surface area contributed by atoms with E-state index in [0.717, 1.165) is 5.56 Å². The van der Waals surface area contributed by atoms with Gasteiger partial charge in [0.15, 0.2) is 23.1 Å². The molecule has 0 aliphatic carbocycles. The van der Waals surface area contributed by atoms with Gasteiger partial charge in [-0.2, -0.15) is 0 Å². The number of hydrogen-bond acceptors (Lipinski definition) is 3. The molecule has 1 aliphatic rings. The van der Waals surface area contributed by atoms with Crippen LogP contribution in [0.15, 0.2) is 34.2 Å². The molecular formula is C11H12FNO3S. The lowest BCUT2D eigenvalue weighted by molar-refractivity contribution is 0.179. The van der Waals surface area contributed by atoms with E-state index in [1.54, 1.807) is 19.1 Å². The molecule has 0 amide bonds. The predicted octanol–water partition coefficient (Wildman–Crippen LogP) is 2.10. The van der Waals surface area contributed by atoms with Crippen molar-refractivity contribution in [2.45, 2.75) is 24.0 Å². The average Bonchev–Trinajstić information content (AvgIpc) is 2.70. The molecule has 1 heterocycles. The summed E-state index contributed by atoms with van der Waals surface area (Å²) in [6.45, 7) is 1.09. The summed E-state index contributed by atoms with van der Waals surface area (Å²) in [4.78, 5) is 4.34. The van der Waals surface area contributed by atoms with Gasteiger partial charge in [0.25, 0.3) is 0 Å². The molecule has 17 heavy (non-hydrogen) atoms. The summed E-state index contributed by atoms with van der Waals surface area (Å²) in [5.74, 6) is 0.465. The summed E-state index contributed by atoms with van der Waals surface area (Å²) in [7, 11) is 0. The third-order valence-electron chi connectivity index (χ3n) is 2.56. The lowest BCUT2D eigenvalue weighted by atomic mass is 10.0. The van der Waals surface area contributed by atoms with Gasteiger partial charge < -0.3 is 9.29 Å². The SMILES string of the molecule is CC1=N[C@H](CF)[C@@H](c2ccc(S(=O)O)cc2)O1. The van der Waals surface area contributed by atoms with Crippen LogP contribution in [-0.2, 0) is 15.8 Å². The maximum Gasteiger partial charge on any atom is 0.186 e. The fourth-order valence-electron chi connectivity index (χ4n) is 1.77. The Morgan fingerprint density at radius 2 is 2.12 bits per heavy atom. The van der Waals surface area contributed by atoms with E-state index < -0.39 is 29.9 Å². The van der Waals surface area contributed by atoms with Gasteiger partial charge >= 0.3 is 0 Å². The minimum absolute atomic E-state index is 0.307. The van der Waals surface area contributed by atoms with E-state index in [-0.39, 0.29) is 0 Å². The molecule has 0 saturated carbocycles. The van der Waals surface area contributed by atoms with E-state index in [0.29, 0.717) is 10.8 Å².